The van der Waals surface area contributed by atoms with Crippen molar-refractivity contribution in [1.82, 2.24) is 9.80 Å². The van der Waals surface area contributed by atoms with Crippen LogP contribution in [0.1, 0.15) is 47.6 Å². The Morgan fingerprint density at radius 2 is 1.86 bits per heavy atom. The van der Waals surface area contributed by atoms with Crippen LogP contribution < -0.4 is 0 Å². The maximum atomic E-state index is 12.9. The van der Waals surface area contributed by atoms with Crippen molar-refractivity contribution < 1.29 is 4.79 Å². The van der Waals surface area contributed by atoms with Crippen molar-refractivity contribution in [2.24, 2.45) is 5.92 Å². The Labute approximate surface area is 133 Å². The molecule has 1 aromatic carbocycles. The van der Waals surface area contributed by atoms with E-state index in [1.807, 2.05) is 11.9 Å². The van der Waals surface area contributed by atoms with Crippen molar-refractivity contribution in [3.63, 3.8) is 0 Å². The van der Waals surface area contributed by atoms with E-state index in [1.165, 1.54) is 22.3 Å². The molecule has 0 bridgehead atoms. The molecule has 0 aliphatic carbocycles. The number of carbonyl (C=O) groups excluding carboxylic acids is 1. The third kappa shape index (κ3) is 1.63. The molecule has 3 aliphatic heterocycles. The number of hydrogen-bond acceptors (Lipinski definition) is 2. The monoisotopic (exact) mass is 298 g/mol. The van der Waals surface area contributed by atoms with E-state index in [-0.39, 0.29) is 5.54 Å². The van der Waals surface area contributed by atoms with Crippen molar-refractivity contribution in [2.45, 2.75) is 51.6 Å². The third-order valence-electron chi connectivity index (χ3n) is 6.48. The number of amides is 1. The minimum absolute atomic E-state index is 0.176. The second kappa shape index (κ2) is 4.58. The zero-order valence-electron chi connectivity index (χ0n) is 14.1. The van der Waals surface area contributed by atoms with Gasteiger partial charge in [-0.3, -0.25) is 9.69 Å². The summed E-state index contributed by atoms with van der Waals surface area (Å²) >= 11 is 0. The summed E-state index contributed by atoms with van der Waals surface area (Å²) in [6, 6.07) is 5.12. The SMILES string of the molecule is Cc1cc(C)c([C@@H]2C[C@H]3CN(C)C(=O)[C@]34CCCN24)cc1C. The van der Waals surface area contributed by atoms with Crippen LogP contribution in [0.2, 0.25) is 0 Å². The average molecular weight is 298 g/mol. The van der Waals surface area contributed by atoms with Crippen LogP contribution in [-0.4, -0.2) is 41.4 Å². The Bertz CT molecular complexity index is 653. The zero-order valence-corrected chi connectivity index (χ0v) is 14.1. The normalized spacial score (nSPS) is 34.4. The highest BCUT2D eigenvalue weighted by Gasteiger charge is 2.64. The molecule has 0 unspecified atom stereocenters. The van der Waals surface area contributed by atoms with Crippen LogP contribution >= 0.6 is 0 Å². The van der Waals surface area contributed by atoms with E-state index in [2.05, 4.69) is 37.8 Å². The zero-order chi connectivity index (χ0) is 15.6. The van der Waals surface area contributed by atoms with Crippen LogP contribution in [0.5, 0.6) is 0 Å². The lowest BCUT2D eigenvalue weighted by molar-refractivity contribution is -0.135. The molecule has 3 heterocycles. The van der Waals surface area contributed by atoms with Gasteiger partial charge in [0.25, 0.3) is 0 Å². The van der Waals surface area contributed by atoms with Crippen LogP contribution in [0.15, 0.2) is 12.1 Å². The number of benzene rings is 1. The Morgan fingerprint density at radius 3 is 2.64 bits per heavy atom. The van der Waals surface area contributed by atoms with E-state index in [0.717, 1.165) is 32.4 Å². The van der Waals surface area contributed by atoms with Crippen molar-refractivity contribution in [2.75, 3.05) is 20.1 Å². The van der Waals surface area contributed by atoms with Crippen LogP contribution in [0, 0.1) is 26.7 Å². The average Bonchev–Trinajstić information content (AvgIpc) is 3.08. The number of rotatable bonds is 1. The van der Waals surface area contributed by atoms with Crippen LogP contribution in [0.4, 0.5) is 0 Å². The lowest BCUT2D eigenvalue weighted by atomic mass is 9.85. The first-order chi connectivity index (χ1) is 10.4. The van der Waals surface area contributed by atoms with E-state index in [0.29, 0.717) is 17.9 Å². The van der Waals surface area contributed by atoms with E-state index in [9.17, 15) is 4.79 Å². The molecule has 3 nitrogen and oxygen atoms in total. The number of likely N-dealkylation sites (N-methyl/N-ethyl adjacent to an activating group) is 1. The topological polar surface area (TPSA) is 23.6 Å². The van der Waals surface area contributed by atoms with Gasteiger partial charge in [-0.15, -0.1) is 0 Å². The minimum Gasteiger partial charge on any atom is -0.344 e. The van der Waals surface area contributed by atoms with Gasteiger partial charge in [-0.1, -0.05) is 12.1 Å². The van der Waals surface area contributed by atoms with E-state index >= 15 is 0 Å². The quantitative estimate of drug-likeness (QED) is 0.796. The molecule has 4 rings (SSSR count). The highest BCUT2D eigenvalue weighted by Crippen LogP contribution is 2.56. The molecule has 118 valence electrons. The molecular weight excluding hydrogens is 272 g/mol. The van der Waals surface area contributed by atoms with Gasteiger partial charge in [-0.25, -0.2) is 0 Å². The van der Waals surface area contributed by atoms with Gasteiger partial charge in [0.2, 0.25) is 5.91 Å². The minimum atomic E-state index is -0.176. The number of hydrogen-bond donors (Lipinski definition) is 0. The fourth-order valence-electron chi connectivity index (χ4n) is 5.34. The highest BCUT2D eigenvalue weighted by molar-refractivity contribution is 5.90. The number of likely N-dealkylation sites (tertiary alicyclic amines) is 1. The predicted octanol–water partition coefficient (Wildman–Crippen LogP) is 2.98. The van der Waals surface area contributed by atoms with Crippen molar-refractivity contribution in [3.8, 4) is 0 Å². The molecule has 1 aromatic rings. The molecule has 3 heteroatoms. The van der Waals surface area contributed by atoms with Gasteiger partial charge in [-0.2, -0.15) is 0 Å². The summed E-state index contributed by atoms with van der Waals surface area (Å²) in [5.41, 5.74) is 5.40. The second-order valence-electron chi connectivity index (χ2n) is 7.65. The fourth-order valence-corrected chi connectivity index (χ4v) is 5.34. The number of aryl methyl sites for hydroxylation is 3. The molecule has 3 aliphatic rings. The molecule has 3 fully saturated rings. The summed E-state index contributed by atoms with van der Waals surface area (Å²) in [6.45, 7) is 8.63. The number of carbonyl (C=O) groups is 1. The Balaban J connectivity index is 1.78. The maximum Gasteiger partial charge on any atom is 0.243 e. The van der Waals surface area contributed by atoms with Gasteiger partial charge >= 0.3 is 0 Å². The molecule has 3 saturated heterocycles. The lowest BCUT2D eigenvalue weighted by Gasteiger charge is -2.33. The maximum absolute atomic E-state index is 12.9. The molecule has 0 aromatic heterocycles. The van der Waals surface area contributed by atoms with E-state index in [4.69, 9.17) is 0 Å². The fraction of sp³-hybridized carbons (Fsp3) is 0.632. The molecular formula is C19H26N2O. The van der Waals surface area contributed by atoms with Crippen LogP contribution in [0.3, 0.4) is 0 Å². The lowest BCUT2D eigenvalue weighted by Crippen LogP contribution is -2.49. The largest absolute Gasteiger partial charge is 0.344 e. The van der Waals surface area contributed by atoms with Gasteiger partial charge in [0, 0.05) is 25.6 Å². The Morgan fingerprint density at radius 1 is 1.14 bits per heavy atom. The summed E-state index contributed by atoms with van der Waals surface area (Å²) < 4.78 is 0. The molecule has 0 saturated carbocycles. The Kier molecular flexibility index (Phi) is 2.96. The van der Waals surface area contributed by atoms with Crippen molar-refractivity contribution >= 4 is 5.91 Å². The second-order valence-corrected chi connectivity index (χ2v) is 7.65. The number of nitrogens with zero attached hydrogens (tertiary/aromatic N) is 2. The highest BCUT2D eigenvalue weighted by atomic mass is 16.2. The summed E-state index contributed by atoms with van der Waals surface area (Å²) in [5.74, 6) is 0.887. The predicted molar refractivity (Wildman–Crippen MR) is 87.8 cm³/mol. The summed E-state index contributed by atoms with van der Waals surface area (Å²) in [6.07, 6.45) is 3.36. The first-order valence-corrected chi connectivity index (χ1v) is 8.55. The summed E-state index contributed by atoms with van der Waals surface area (Å²) in [7, 11) is 1.97. The van der Waals surface area contributed by atoms with Crippen LogP contribution in [-0.2, 0) is 4.79 Å². The summed E-state index contributed by atoms with van der Waals surface area (Å²) in [5, 5.41) is 0. The van der Waals surface area contributed by atoms with Crippen molar-refractivity contribution in [1.29, 1.82) is 0 Å². The molecule has 1 amide bonds. The molecule has 0 N–H and O–H groups in total. The van der Waals surface area contributed by atoms with Crippen molar-refractivity contribution in [3.05, 3.63) is 34.4 Å². The molecule has 1 spiro atoms. The summed E-state index contributed by atoms with van der Waals surface area (Å²) in [4.78, 5) is 17.4. The molecule has 22 heavy (non-hydrogen) atoms. The van der Waals surface area contributed by atoms with Gasteiger partial charge in [0.15, 0.2) is 0 Å². The van der Waals surface area contributed by atoms with Gasteiger partial charge < -0.3 is 4.90 Å². The molecule has 0 radical (unpaired) electrons. The van der Waals surface area contributed by atoms with Gasteiger partial charge in [0.05, 0.1) is 0 Å². The first kappa shape index (κ1) is 14.3. The standard InChI is InChI=1S/C19H26N2O/c1-12-8-14(3)16(9-13(12)2)17-10-15-11-20(4)18(22)19(15)6-5-7-21(17)19/h8-9,15,17H,5-7,10-11H2,1-4H3/t15-,17-,19-/m0/s1. The van der Waals surface area contributed by atoms with E-state index in [1.54, 1.807) is 0 Å². The first-order valence-electron chi connectivity index (χ1n) is 8.55. The molecule has 3 atom stereocenters. The smallest absolute Gasteiger partial charge is 0.243 e. The van der Waals surface area contributed by atoms with Gasteiger partial charge in [-0.05, 0) is 68.8 Å². The Hall–Kier alpha value is -1.35. The van der Waals surface area contributed by atoms with Crippen LogP contribution in [0.25, 0.3) is 0 Å². The third-order valence-corrected chi connectivity index (χ3v) is 6.48. The van der Waals surface area contributed by atoms with E-state index < -0.39 is 0 Å². The van der Waals surface area contributed by atoms with Gasteiger partial charge in [0.1, 0.15) is 5.54 Å².